The van der Waals surface area contributed by atoms with Crippen LogP contribution < -0.4 is 5.32 Å². The summed E-state index contributed by atoms with van der Waals surface area (Å²) in [4.78, 5) is 59.6. The average molecular weight is 606 g/mol. The molecule has 0 amide bonds. The van der Waals surface area contributed by atoms with E-state index in [-0.39, 0.29) is 0 Å². The third kappa shape index (κ3) is 8.52. The van der Waals surface area contributed by atoms with Crippen LogP contribution in [-0.4, -0.2) is 51.3 Å². The van der Waals surface area contributed by atoms with Gasteiger partial charge in [0.2, 0.25) is 0 Å². The Kier molecular flexibility index (Phi) is 10.9. The first-order valence-electron chi connectivity index (χ1n) is 11.4. The molecule has 2 heterocycles. The van der Waals surface area contributed by atoms with Crippen LogP contribution in [0.25, 0.3) is 0 Å². The van der Waals surface area contributed by atoms with E-state index in [1.807, 2.05) is 18.5 Å². The summed E-state index contributed by atoms with van der Waals surface area (Å²) in [6.45, 7) is 1.15. The fraction of sp³-hybridized carbons (Fsp3) is 0.190. The number of aromatic nitrogens is 1. The van der Waals surface area contributed by atoms with E-state index in [1.165, 1.54) is 18.4 Å². The highest BCUT2D eigenvalue weighted by Gasteiger charge is 2.31. The van der Waals surface area contributed by atoms with Crippen LogP contribution in [0.1, 0.15) is 24.4 Å². The number of aromatic hydroxyl groups is 2. The topological polar surface area (TPSA) is 324 Å². The fourth-order valence-corrected chi connectivity index (χ4v) is 3.50. The number of nitrogens with zero attached hydrogens (tertiary/aromatic N) is 7. The molecule has 22 heteroatoms. The van der Waals surface area contributed by atoms with E-state index in [0.29, 0.717) is 30.3 Å². The van der Waals surface area contributed by atoms with Crippen LogP contribution in [0.15, 0.2) is 48.8 Å². The molecule has 3 aromatic rings. The molecule has 22 nitrogen and oxygen atoms in total. The van der Waals surface area contributed by atoms with Crippen molar-refractivity contribution in [1.82, 2.24) is 10.3 Å². The van der Waals surface area contributed by atoms with Gasteiger partial charge in [-0.1, -0.05) is 6.07 Å². The van der Waals surface area contributed by atoms with Crippen LogP contribution >= 0.6 is 0 Å². The summed E-state index contributed by atoms with van der Waals surface area (Å²) >= 11 is 0. The summed E-state index contributed by atoms with van der Waals surface area (Å²) in [6.07, 6.45) is 6.31. The largest absolute Gasteiger partial charge is 0.497 e. The van der Waals surface area contributed by atoms with Gasteiger partial charge in [0.15, 0.2) is 0 Å². The first kappa shape index (κ1) is 32.8. The predicted molar refractivity (Wildman–Crippen MR) is 140 cm³/mol. The molecule has 0 aliphatic carbocycles. The lowest BCUT2D eigenvalue weighted by atomic mass is 10.1. The van der Waals surface area contributed by atoms with Gasteiger partial charge in [-0.3, -0.25) is 65.7 Å². The molecule has 226 valence electrons. The smallest absolute Gasteiger partial charge is 0.324 e. The number of nitrogens with one attached hydrogen (secondary N) is 1. The summed E-state index contributed by atoms with van der Waals surface area (Å²) in [5.41, 5.74) is -4.68. The van der Waals surface area contributed by atoms with Gasteiger partial charge < -0.3 is 15.5 Å². The van der Waals surface area contributed by atoms with Crippen LogP contribution in [0.5, 0.6) is 11.5 Å². The molecule has 1 aliphatic heterocycles. The second-order valence-corrected chi connectivity index (χ2v) is 8.14. The minimum atomic E-state index is -1.21. The minimum absolute atomic E-state index is 0.447. The molecular weight excluding hydrogens is 588 g/mol. The van der Waals surface area contributed by atoms with Gasteiger partial charge in [0.1, 0.15) is 0 Å². The number of non-ortho nitro benzene ring substituents is 2. The average Bonchev–Trinajstić information content (AvgIpc) is 3.49. The van der Waals surface area contributed by atoms with Crippen LogP contribution in [0.2, 0.25) is 0 Å². The molecule has 43 heavy (non-hydrogen) atoms. The first-order valence-corrected chi connectivity index (χ1v) is 11.4. The van der Waals surface area contributed by atoms with Gasteiger partial charge in [-0.25, -0.2) is 0 Å². The number of pyridine rings is 1. The van der Waals surface area contributed by atoms with Crippen molar-refractivity contribution in [2.24, 2.45) is 0 Å². The van der Waals surface area contributed by atoms with Crippen molar-refractivity contribution < 1.29 is 39.8 Å². The highest BCUT2D eigenvalue weighted by atomic mass is 16.7. The third-order valence-corrected chi connectivity index (χ3v) is 5.46. The molecule has 0 bridgehead atoms. The Morgan fingerprint density at radius 2 is 1.07 bits per heavy atom. The number of nitro groups is 6. The molecular formula is C21H18N8O14. The number of hydrogen-bond donors (Lipinski definition) is 3. The number of rotatable bonds is 7. The lowest BCUT2D eigenvalue weighted by Crippen LogP contribution is -2.12. The molecule has 1 saturated heterocycles. The third-order valence-electron chi connectivity index (χ3n) is 5.46. The van der Waals surface area contributed by atoms with Gasteiger partial charge in [0.05, 0.1) is 53.8 Å². The highest BCUT2D eigenvalue weighted by Crippen LogP contribution is 2.40. The molecule has 1 aliphatic rings. The van der Waals surface area contributed by atoms with Crippen LogP contribution in [0.4, 0.5) is 34.1 Å². The Hall–Kier alpha value is -6.45. The Balaban J connectivity index is 0.000000229. The summed E-state index contributed by atoms with van der Waals surface area (Å²) < 4.78 is 0. The van der Waals surface area contributed by atoms with E-state index in [0.717, 1.165) is 6.54 Å². The van der Waals surface area contributed by atoms with Gasteiger partial charge in [-0.05, 0) is 31.0 Å². The van der Waals surface area contributed by atoms with Gasteiger partial charge in [0.25, 0.3) is 22.9 Å². The Labute approximate surface area is 236 Å². The maximum absolute atomic E-state index is 10.4. The molecule has 0 saturated carbocycles. The lowest BCUT2D eigenvalue weighted by molar-refractivity contribution is -0.404. The monoisotopic (exact) mass is 606 g/mol. The zero-order valence-corrected chi connectivity index (χ0v) is 21.2. The van der Waals surface area contributed by atoms with Crippen molar-refractivity contribution in [1.29, 1.82) is 0 Å². The van der Waals surface area contributed by atoms with Gasteiger partial charge in [0, 0.05) is 18.4 Å². The summed E-state index contributed by atoms with van der Waals surface area (Å²) in [7, 11) is 0. The van der Waals surface area contributed by atoms with Crippen molar-refractivity contribution in [3.05, 3.63) is 115 Å². The maximum atomic E-state index is 10.4. The van der Waals surface area contributed by atoms with Gasteiger partial charge >= 0.3 is 22.7 Å². The standard InChI is InChI=1S/C9H12N2.2C6H3N3O7/c1-3-8(7-10-5-1)9-4-2-6-11-9;2*10-6-4(8(13)14)1-3(7(11)12)2-5(6)9(15)16/h1,3,5,7,9,11H,2,4,6H2;2*1-2,10H/t9-;;/m0../s1. The van der Waals surface area contributed by atoms with E-state index in [9.17, 15) is 60.7 Å². The molecule has 1 atom stereocenters. The Morgan fingerprint density at radius 1 is 0.674 bits per heavy atom. The molecule has 0 unspecified atom stereocenters. The van der Waals surface area contributed by atoms with E-state index in [4.69, 9.17) is 10.2 Å². The number of hydrogen-bond acceptors (Lipinski definition) is 16. The Bertz CT molecular complexity index is 1420. The minimum Gasteiger partial charge on any atom is -0.497 e. The second-order valence-electron chi connectivity index (χ2n) is 8.14. The van der Waals surface area contributed by atoms with E-state index < -0.39 is 75.2 Å². The maximum Gasteiger partial charge on any atom is 0.324 e. The van der Waals surface area contributed by atoms with E-state index in [1.54, 1.807) is 0 Å². The molecule has 0 radical (unpaired) electrons. The molecule has 4 rings (SSSR count). The Morgan fingerprint density at radius 3 is 1.33 bits per heavy atom. The number of nitro benzene ring substituents is 6. The van der Waals surface area contributed by atoms with Gasteiger partial charge in [-0.15, -0.1) is 0 Å². The molecule has 1 aromatic heterocycles. The van der Waals surface area contributed by atoms with E-state index >= 15 is 0 Å². The SMILES string of the molecule is O=[N+]([O-])c1cc([N+](=O)[O-])c(O)c([N+](=O)[O-])c1.O=[N+]([O-])c1cc([N+](=O)[O-])c(O)c([N+](=O)[O-])c1.c1cncc([C@@H]2CCCN2)c1. The molecule has 3 N–H and O–H groups in total. The van der Waals surface area contributed by atoms with Crippen molar-refractivity contribution in [2.45, 2.75) is 18.9 Å². The summed E-state index contributed by atoms with van der Waals surface area (Å²) in [5.74, 6) is -2.42. The zero-order chi connectivity index (χ0) is 32.4. The van der Waals surface area contributed by atoms with E-state index in [2.05, 4.69) is 16.4 Å². The molecule has 0 spiro atoms. The highest BCUT2D eigenvalue weighted by molar-refractivity contribution is 5.65. The van der Waals surface area contributed by atoms with Crippen molar-refractivity contribution in [3.63, 3.8) is 0 Å². The molecule has 1 fully saturated rings. The molecule has 2 aromatic carbocycles. The normalized spacial score (nSPS) is 13.3. The van der Waals surface area contributed by atoms with Crippen LogP contribution in [-0.2, 0) is 0 Å². The van der Waals surface area contributed by atoms with Gasteiger partial charge in [-0.2, -0.15) is 0 Å². The number of benzene rings is 2. The second kappa shape index (κ2) is 14.3. The van der Waals surface area contributed by atoms with Crippen molar-refractivity contribution in [2.75, 3.05) is 6.54 Å². The quantitative estimate of drug-likeness (QED) is 0.254. The fourth-order valence-electron chi connectivity index (χ4n) is 3.50. The number of phenols is 2. The van der Waals surface area contributed by atoms with Crippen LogP contribution in [0, 0.1) is 60.7 Å². The zero-order valence-electron chi connectivity index (χ0n) is 21.2. The number of phenolic OH excluding ortho intramolecular Hbond substituents is 2. The lowest BCUT2D eigenvalue weighted by Gasteiger charge is -2.08. The van der Waals surface area contributed by atoms with Crippen molar-refractivity contribution >= 4 is 34.1 Å². The first-order chi connectivity index (χ1) is 20.1. The summed E-state index contributed by atoms with van der Waals surface area (Å²) in [6, 6.07) is 6.48. The van der Waals surface area contributed by atoms with Crippen LogP contribution in [0.3, 0.4) is 0 Å². The summed E-state index contributed by atoms with van der Waals surface area (Å²) in [5, 5.41) is 83.9. The predicted octanol–water partition coefficient (Wildman–Crippen LogP) is 3.74. The van der Waals surface area contributed by atoms with Crippen molar-refractivity contribution in [3.8, 4) is 11.5 Å².